The summed E-state index contributed by atoms with van der Waals surface area (Å²) < 4.78 is 85.8. The van der Waals surface area contributed by atoms with Gasteiger partial charge in [0.25, 0.3) is 0 Å². The highest BCUT2D eigenvalue weighted by molar-refractivity contribution is 5.80. The second-order valence-electron chi connectivity index (χ2n) is 9.48. The number of alkyl halides is 6. The smallest absolute Gasteiger partial charge is 0.371 e. The molecule has 2 heterocycles. The Morgan fingerprint density at radius 3 is 2.25 bits per heavy atom. The van der Waals surface area contributed by atoms with Gasteiger partial charge in [0.1, 0.15) is 0 Å². The van der Waals surface area contributed by atoms with Gasteiger partial charge in [0.05, 0.1) is 35.3 Å². The van der Waals surface area contributed by atoms with E-state index in [4.69, 9.17) is 4.74 Å². The zero-order valence-corrected chi connectivity index (χ0v) is 19.7. The van der Waals surface area contributed by atoms with Crippen molar-refractivity contribution in [2.75, 3.05) is 6.54 Å². The van der Waals surface area contributed by atoms with Crippen LogP contribution < -0.4 is 10.6 Å². The highest BCUT2D eigenvalue weighted by Crippen LogP contribution is 2.48. The number of piperidine rings is 1. The van der Waals surface area contributed by atoms with E-state index in [1.807, 2.05) is 37.3 Å². The van der Waals surface area contributed by atoms with Crippen LogP contribution in [0.25, 0.3) is 0 Å². The maximum absolute atomic E-state index is 13.3. The molecule has 0 saturated carbocycles. The number of benzene rings is 2. The predicted octanol–water partition coefficient (Wildman–Crippen LogP) is 5.80. The van der Waals surface area contributed by atoms with Gasteiger partial charge in [-0.2, -0.15) is 26.3 Å². The molecule has 36 heavy (non-hydrogen) atoms. The SMILES string of the molecule is CCCNC(=O)C1CC2(c3ccccc3)NC1CCC2OCc1cc(C(F)(F)F)cc(C(F)(F)F)c1. The molecule has 2 aliphatic heterocycles. The van der Waals surface area contributed by atoms with Crippen LogP contribution in [-0.2, 0) is 34.0 Å². The lowest BCUT2D eigenvalue weighted by Crippen LogP contribution is -2.54. The number of nitrogens with one attached hydrogen (secondary N) is 2. The van der Waals surface area contributed by atoms with Crippen LogP contribution >= 0.6 is 0 Å². The number of ether oxygens (including phenoxy) is 1. The van der Waals surface area contributed by atoms with E-state index in [1.165, 1.54) is 0 Å². The van der Waals surface area contributed by atoms with Crippen molar-refractivity contribution < 1.29 is 35.9 Å². The summed E-state index contributed by atoms with van der Waals surface area (Å²) in [6, 6.07) is 10.7. The molecule has 1 amide bonds. The molecule has 2 fully saturated rings. The first-order chi connectivity index (χ1) is 16.9. The minimum Gasteiger partial charge on any atom is -0.371 e. The zero-order valence-electron chi connectivity index (χ0n) is 19.7. The van der Waals surface area contributed by atoms with Gasteiger partial charge in [0.2, 0.25) is 5.91 Å². The molecule has 0 aromatic heterocycles. The monoisotopic (exact) mass is 514 g/mol. The van der Waals surface area contributed by atoms with E-state index in [2.05, 4.69) is 10.6 Å². The van der Waals surface area contributed by atoms with Crippen molar-refractivity contribution in [2.45, 2.75) is 69.3 Å². The molecule has 10 heteroatoms. The lowest BCUT2D eigenvalue weighted by atomic mass is 9.80. The van der Waals surface area contributed by atoms with Crippen LogP contribution in [0, 0.1) is 5.92 Å². The normalized spacial score (nSPS) is 26.1. The number of amides is 1. The molecule has 4 nitrogen and oxygen atoms in total. The highest BCUT2D eigenvalue weighted by Gasteiger charge is 2.56. The van der Waals surface area contributed by atoms with E-state index in [1.54, 1.807) is 0 Å². The summed E-state index contributed by atoms with van der Waals surface area (Å²) >= 11 is 0. The van der Waals surface area contributed by atoms with E-state index in [-0.39, 0.29) is 29.5 Å². The minimum absolute atomic E-state index is 0.0690. The van der Waals surface area contributed by atoms with E-state index in [9.17, 15) is 31.1 Å². The van der Waals surface area contributed by atoms with E-state index in [0.29, 0.717) is 37.9 Å². The van der Waals surface area contributed by atoms with Gasteiger partial charge >= 0.3 is 12.4 Å². The molecule has 2 aliphatic rings. The lowest BCUT2D eigenvalue weighted by Gasteiger charge is -2.42. The molecular formula is C26H28F6N2O2. The minimum atomic E-state index is -4.93. The molecule has 4 atom stereocenters. The van der Waals surface area contributed by atoms with Gasteiger partial charge in [-0.25, -0.2) is 0 Å². The summed E-state index contributed by atoms with van der Waals surface area (Å²) in [7, 11) is 0. The number of carbonyl (C=O) groups excluding carboxylic acids is 1. The maximum Gasteiger partial charge on any atom is 0.416 e. The molecule has 0 radical (unpaired) electrons. The molecule has 196 valence electrons. The molecule has 2 aromatic rings. The third kappa shape index (κ3) is 5.39. The van der Waals surface area contributed by atoms with Gasteiger partial charge in [-0.1, -0.05) is 37.3 Å². The Hall–Kier alpha value is -2.59. The van der Waals surface area contributed by atoms with Crippen molar-refractivity contribution in [3.8, 4) is 0 Å². The fourth-order valence-corrected chi connectivity index (χ4v) is 5.36. The Balaban J connectivity index is 1.62. The predicted molar refractivity (Wildman–Crippen MR) is 121 cm³/mol. The van der Waals surface area contributed by atoms with Crippen LogP contribution in [0.5, 0.6) is 0 Å². The fourth-order valence-electron chi connectivity index (χ4n) is 5.36. The Kier molecular flexibility index (Phi) is 7.39. The van der Waals surface area contributed by atoms with Gasteiger partial charge < -0.3 is 15.4 Å². The molecular weight excluding hydrogens is 486 g/mol. The van der Waals surface area contributed by atoms with Crippen LogP contribution in [0.15, 0.2) is 48.5 Å². The Morgan fingerprint density at radius 2 is 1.67 bits per heavy atom. The number of halogens is 6. The van der Waals surface area contributed by atoms with Crippen LogP contribution in [0.2, 0.25) is 0 Å². The summed E-state index contributed by atoms with van der Waals surface area (Å²) in [5, 5.41) is 6.48. The molecule has 2 aromatic carbocycles. The second-order valence-corrected chi connectivity index (χ2v) is 9.48. The topological polar surface area (TPSA) is 50.4 Å². The molecule has 0 spiro atoms. The third-order valence-corrected chi connectivity index (χ3v) is 7.03. The second kappa shape index (κ2) is 10.0. The number of carbonyl (C=O) groups is 1. The van der Waals surface area contributed by atoms with Crippen molar-refractivity contribution in [1.82, 2.24) is 10.6 Å². The number of rotatable bonds is 7. The lowest BCUT2D eigenvalue weighted by molar-refractivity contribution is -0.143. The fraction of sp³-hybridized carbons (Fsp3) is 0.500. The van der Waals surface area contributed by atoms with Crippen molar-refractivity contribution in [1.29, 1.82) is 0 Å². The molecule has 4 unspecified atom stereocenters. The van der Waals surface area contributed by atoms with Gasteiger partial charge in [-0.15, -0.1) is 0 Å². The molecule has 0 aliphatic carbocycles. The van der Waals surface area contributed by atoms with Crippen LogP contribution in [-0.4, -0.2) is 24.6 Å². The first kappa shape index (κ1) is 26.5. The number of hydrogen-bond donors (Lipinski definition) is 2. The van der Waals surface area contributed by atoms with Gasteiger partial charge in [-0.3, -0.25) is 4.79 Å². The standard InChI is InChI=1S/C26H28F6N2O2/c1-2-10-33-23(35)20-14-24(17-6-4-3-5-7-17)22(9-8-21(20)34-24)36-15-16-11-18(25(27,28)29)13-19(12-16)26(30,31)32/h3-7,11-13,20-22,34H,2,8-10,14-15H2,1H3,(H,33,35). The first-order valence-corrected chi connectivity index (χ1v) is 11.9. The van der Waals surface area contributed by atoms with Crippen LogP contribution in [0.3, 0.4) is 0 Å². The first-order valence-electron chi connectivity index (χ1n) is 11.9. The largest absolute Gasteiger partial charge is 0.416 e. The Morgan fingerprint density at radius 1 is 1.03 bits per heavy atom. The van der Waals surface area contributed by atoms with Gasteiger partial charge in [-0.05, 0) is 55.0 Å². The van der Waals surface area contributed by atoms with Crippen molar-refractivity contribution in [3.63, 3.8) is 0 Å². The van der Waals surface area contributed by atoms with Gasteiger partial charge in [0, 0.05) is 12.6 Å². The number of hydrogen-bond acceptors (Lipinski definition) is 3. The average molecular weight is 515 g/mol. The summed E-state index contributed by atoms with van der Waals surface area (Å²) in [6.07, 6.45) is -8.09. The molecule has 4 rings (SSSR count). The summed E-state index contributed by atoms with van der Waals surface area (Å²) in [4.78, 5) is 12.9. The highest BCUT2D eigenvalue weighted by atomic mass is 19.4. The van der Waals surface area contributed by atoms with Crippen LogP contribution in [0.1, 0.15) is 54.9 Å². The summed E-state index contributed by atoms with van der Waals surface area (Å²) in [5.41, 5.74) is -2.87. The molecule has 2 N–H and O–H groups in total. The molecule has 2 bridgehead atoms. The maximum atomic E-state index is 13.3. The van der Waals surface area contributed by atoms with Crippen LogP contribution in [0.4, 0.5) is 26.3 Å². The third-order valence-electron chi connectivity index (χ3n) is 7.03. The summed E-state index contributed by atoms with van der Waals surface area (Å²) in [6.45, 7) is 2.08. The van der Waals surface area contributed by atoms with Crippen molar-refractivity contribution in [2.24, 2.45) is 5.92 Å². The quantitative estimate of drug-likeness (QED) is 0.459. The van der Waals surface area contributed by atoms with Crippen molar-refractivity contribution >= 4 is 5.91 Å². The Bertz CT molecular complexity index is 1040. The van der Waals surface area contributed by atoms with E-state index < -0.39 is 41.7 Å². The number of fused-ring (bicyclic) bond motifs is 2. The Labute approximate surface area is 205 Å². The zero-order chi connectivity index (χ0) is 26.1. The van der Waals surface area contributed by atoms with E-state index in [0.717, 1.165) is 12.0 Å². The van der Waals surface area contributed by atoms with Gasteiger partial charge in [0.15, 0.2) is 0 Å². The van der Waals surface area contributed by atoms with E-state index >= 15 is 0 Å². The van der Waals surface area contributed by atoms with Crippen molar-refractivity contribution in [3.05, 3.63) is 70.8 Å². The summed E-state index contributed by atoms with van der Waals surface area (Å²) in [5.74, 6) is -0.392. The average Bonchev–Trinajstić information content (AvgIpc) is 3.15. The molecule has 2 saturated heterocycles.